The van der Waals surface area contributed by atoms with Gasteiger partial charge in [0.05, 0.1) is 0 Å². The average Bonchev–Trinajstić information content (AvgIpc) is 2.31. The van der Waals surface area contributed by atoms with Crippen molar-refractivity contribution in [2.45, 2.75) is 24.7 Å². The smallest absolute Gasteiger partial charge is 0.242 e. The van der Waals surface area contributed by atoms with Crippen LogP contribution in [-0.4, -0.2) is 28.2 Å². The van der Waals surface area contributed by atoms with Crippen molar-refractivity contribution in [2.24, 2.45) is 0 Å². The van der Waals surface area contributed by atoms with Crippen molar-refractivity contribution in [3.63, 3.8) is 0 Å². The number of rotatable bonds is 8. The monoisotopic (exact) mass is 428 g/mol. The highest BCUT2D eigenvalue weighted by Gasteiger charge is 2.21. The second-order valence-corrected chi connectivity index (χ2v) is 7.59. The molecule has 0 bridgehead atoms. The second kappa shape index (κ2) is 8.33. The van der Waals surface area contributed by atoms with Crippen molar-refractivity contribution in [2.75, 3.05) is 25.5 Å². The van der Waals surface area contributed by atoms with E-state index in [1.54, 1.807) is 12.1 Å². The molecular formula is C12H18Br2N2O3S. The van der Waals surface area contributed by atoms with E-state index in [9.17, 15) is 8.42 Å². The molecule has 3 N–H and O–H groups in total. The molecule has 0 aliphatic carbocycles. The van der Waals surface area contributed by atoms with Crippen LogP contribution in [0.2, 0.25) is 0 Å². The van der Waals surface area contributed by atoms with Crippen LogP contribution in [0.4, 0.5) is 5.69 Å². The first kappa shape index (κ1) is 17.9. The maximum absolute atomic E-state index is 12.2. The number of nitrogens with one attached hydrogen (secondary N) is 1. The predicted octanol–water partition coefficient (Wildman–Crippen LogP) is 2.89. The van der Waals surface area contributed by atoms with E-state index in [2.05, 4.69) is 36.6 Å². The van der Waals surface area contributed by atoms with E-state index in [-0.39, 0.29) is 4.90 Å². The Morgan fingerprint density at radius 2 is 1.85 bits per heavy atom. The SMILES string of the molecule is CCCOCCCNS(=O)(=O)c1c(Br)cc(N)cc1Br. The fourth-order valence-corrected chi connectivity index (χ4v) is 5.22. The van der Waals surface area contributed by atoms with Crippen LogP contribution in [0.1, 0.15) is 19.8 Å². The van der Waals surface area contributed by atoms with Crippen molar-refractivity contribution in [1.82, 2.24) is 4.72 Å². The molecule has 0 saturated heterocycles. The van der Waals surface area contributed by atoms with Crippen molar-refractivity contribution < 1.29 is 13.2 Å². The molecule has 8 heteroatoms. The predicted molar refractivity (Wildman–Crippen MR) is 87.2 cm³/mol. The highest BCUT2D eigenvalue weighted by Crippen LogP contribution is 2.32. The summed E-state index contributed by atoms with van der Waals surface area (Å²) in [7, 11) is -3.59. The fourth-order valence-electron chi connectivity index (χ4n) is 1.54. The zero-order valence-corrected chi connectivity index (χ0v) is 15.1. The van der Waals surface area contributed by atoms with E-state index in [0.717, 1.165) is 6.42 Å². The lowest BCUT2D eigenvalue weighted by Gasteiger charge is -2.11. The van der Waals surface area contributed by atoms with E-state index in [1.807, 2.05) is 6.92 Å². The molecule has 1 rings (SSSR count). The zero-order chi connectivity index (χ0) is 15.2. The van der Waals surface area contributed by atoms with Crippen LogP contribution >= 0.6 is 31.9 Å². The molecule has 0 aromatic heterocycles. The molecule has 0 spiro atoms. The topological polar surface area (TPSA) is 81.4 Å². The first-order chi connectivity index (χ1) is 9.38. The van der Waals surface area contributed by atoms with Gasteiger partial charge in [0.2, 0.25) is 10.0 Å². The van der Waals surface area contributed by atoms with Gasteiger partial charge in [-0.25, -0.2) is 13.1 Å². The number of hydrogen-bond donors (Lipinski definition) is 2. The summed E-state index contributed by atoms with van der Waals surface area (Å²) in [5.74, 6) is 0. The van der Waals surface area contributed by atoms with Gasteiger partial charge in [-0.2, -0.15) is 0 Å². The van der Waals surface area contributed by atoms with E-state index in [0.29, 0.717) is 40.8 Å². The molecule has 0 fully saturated rings. The summed E-state index contributed by atoms with van der Waals surface area (Å²) in [6.07, 6.45) is 1.58. The lowest BCUT2D eigenvalue weighted by atomic mass is 10.3. The molecule has 0 heterocycles. The minimum Gasteiger partial charge on any atom is -0.399 e. The summed E-state index contributed by atoms with van der Waals surface area (Å²) in [4.78, 5) is 0.154. The molecule has 20 heavy (non-hydrogen) atoms. The Morgan fingerprint density at radius 3 is 2.40 bits per heavy atom. The summed E-state index contributed by atoms with van der Waals surface area (Å²) in [6.45, 7) is 3.59. The van der Waals surface area contributed by atoms with Crippen LogP contribution in [0, 0.1) is 0 Å². The molecule has 114 valence electrons. The molecule has 0 aliphatic heterocycles. The lowest BCUT2D eigenvalue weighted by molar-refractivity contribution is 0.133. The number of ether oxygens (including phenoxy) is 1. The molecule has 0 aliphatic rings. The molecule has 1 aromatic carbocycles. The zero-order valence-electron chi connectivity index (χ0n) is 11.2. The summed E-state index contributed by atoms with van der Waals surface area (Å²) in [6, 6.07) is 3.12. The quantitative estimate of drug-likeness (QED) is 0.491. The Kier molecular flexibility index (Phi) is 7.46. The van der Waals surface area contributed by atoms with Crippen LogP contribution in [0.5, 0.6) is 0 Å². The highest BCUT2D eigenvalue weighted by molar-refractivity contribution is 9.11. The van der Waals surface area contributed by atoms with E-state index < -0.39 is 10.0 Å². The minimum atomic E-state index is -3.59. The van der Waals surface area contributed by atoms with Gasteiger partial charge in [0.15, 0.2) is 0 Å². The van der Waals surface area contributed by atoms with Crippen LogP contribution in [-0.2, 0) is 14.8 Å². The summed E-state index contributed by atoms with van der Waals surface area (Å²) < 4.78 is 33.1. The Labute approximate surface area is 136 Å². The largest absolute Gasteiger partial charge is 0.399 e. The minimum absolute atomic E-state index is 0.154. The Morgan fingerprint density at radius 1 is 1.25 bits per heavy atom. The highest BCUT2D eigenvalue weighted by atomic mass is 79.9. The van der Waals surface area contributed by atoms with Gasteiger partial charge in [0.25, 0.3) is 0 Å². The average molecular weight is 430 g/mol. The molecule has 0 radical (unpaired) electrons. The third kappa shape index (κ3) is 5.33. The third-order valence-corrected chi connectivity index (χ3v) is 5.73. The van der Waals surface area contributed by atoms with Crippen LogP contribution < -0.4 is 10.5 Å². The van der Waals surface area contributed by atoms with Crippen molar-refractivity contribution in [3.05, 3.63) is 21.1 Å². The molecule has 1 aromatic rings. The Hall–Kier alpha value is -0.150. The number of anilines is 1. The normalized spacial score (nSPS) is 11.8. The number of hydrogen-bond acceptors (Lipinski definition) is 4. The number of nitrogen functional groups attached to an aromatic ring is 1. The molecular weight excluding hydrogens is 412 g/mol. The third-order valence-electron chi connectivity index (χ3n) is 2.40. The van der Waals surface area contributed by atoms with Crippen LogP contribution in [0.25, 0.3) is 0 Å². The van der Waals surface area contributed by atoms with Gasteiger partial charge in [0.1, 0.15) is 4.90 Å². The fraction of sp³-hybridized carbons (Fsp3) is 0.500. The van der Waals surface area contributed by atoms with Gasteiger partial charge in [-0.15, -0.1) is 0 Å². The van der Waals surface area contributed by atoms with Gasteiger partial charge in [-0.05, 0) is 56.8 Å². The number of nitrogens with two attached hydrogens (primary N) is 1. The first-order valence-corrected chi connectivity index (χ1v) is 9.27. The Bertz CT molecular complexity index is 527. The molecule has 0 atom stereocenters. The summed E-state index contributed by atoms with van der Waals surface area (Å²) in [5, 5.41) is 0. The maximum Gasteiger partial charge on any atom is 0.242 e. The first-order valence-electron chi connectivity index (χ1n) is 6.20. The number of benzene rings is 1. The summed E-state index contributed by atoms with van der Waals surface area (Å²) in [5.41, 5.74) is 6.13. The van der Waals surface area contributed by atoms with Crippen molar-refractivity contribution >= 4 is 47.6 Å². The van der Waals surface area contributed by atoms with E-state index in [4.69, 9.17) is 10.5 Å². The number of halogens is 2. The van der Waals surface area contributed by atoms with Gasteiger partial charge < -0.3 is 10.5 Å². The van der Waals surface area contributed by atoms with Crippen LogP contribution in [0.15, 0.2) is 26.0 Å². The van der Waals surface area contributed by atoms with Crippen molar-refractivity contribution in [3.8, 4) is 0 Å². The van der Waals surface area contributed by atoms with E-state index in [1.165, 1.54) is 0 Å². The van der Waals surface area contributed by atoms with E-state index >= 15 is 0 Å². The second-order valence-electron chi connectivity index (χ2n) is 4.18. The summed E-state index contributed by atoms with van der Waals surface area (Å²) >= 11 is 6.45. The van der Waals surface area contributed by atoms with Gasteiger partial charge >= 0.3 is 0 Å². The van der Waals surface area contributed by atoms with Gasteiger partial charge in [-0.1, -0.05) is 6.92 Å². The lowest BCUT2D eigenvalue weighted by Crippen LogP contribution is -2.26. The van der Waals surface area contributed by atoms with Gasteiger partial charge in [-0.3, -0.25) is 0 Å². The Balaban J connectivity index is 2.66. The number of sulfonamides is 1. The standard InChI is InChI=1S/C12H18Br2N2O3S/c1-2-5-19-6-3-4-16-20(17,18)12-10(13)7-9(15)8-11(12)14/h7-8,16H,2-6,15H2,1H3. The molecule has 0 saturated carbocycles. The molecule has 0 unspecified atom stereocenters. The molecule has 5 nitrogen and oxygen atoms in total. The van der Waals surface area contributed by atoms with Crippen LogP contribution in [0.3, 0.4) is 0 Å². The maximum atomic E-state index is 12.2. The molecule has 0 amide bonds. The van der Waals surface area contributed by atoms with Crippen molar-refractivity contribution in [1.29, 1.82) is 0 Å². The van der Waals surface area contributed by atoms with Gasteiger partial charge in [0, 0.05) is 34.4 Å².